The Labute approximate surface area is 116 Å². The first-order chi connectivity index (χ1) is 9.12. The van der Waals surface area contributed by atoms with Crippen molar-refractivity contribution in [3.63, 3.8) is 0 Å². The Morgan fingerprint density at radius 1 is 1.05 bits per heavy atom. The van der Waals surface area contributed by atoms with Crippen LogP contribution in [0.4, 0.5) is 0 Å². The summed E-state index contributed by atoms with van der Waals surface area (Å²) in [6.45, 7) is 3.91. The minimum absolute atomic E-state index is 0.603. The van der Waals surface area contributed by atoms with E-state index in [1.54, 1.807) is 4.31 Å². The van der Waals surface area contributed by atoms with Crippen LogP contribution in [0.3, 0.4) is 0 Å². The van der Waals surface area contributed by atoms with Gasteiger partial charge in [0.05, 0.1) is 0 Å². The lowest BCUT2D eigenvalue weighted by Gasteiger charge is -2.34. The summed E-state index contributed by atoms with van der Waals surface area (Å²) in [5.74, 6) is 0.603. The van der Waals surface area contributed by atoms with Crippen LogP contribution in [-0.4, -0.2) is 57.5 Å². The molecule has 0 spiro atoms. The van der Waals surface area contributed by atoms with Gasteiger partial charge in [-0.05, 0) is 45.2 Å². The van der Waals surface area contributed by atoms with E-state index >= 15 is 0 Å². The minimum atomic E-state index is -3.33. The molecule has 0 aromatic heterocycles. The molecule has 112 valence electrons. The monoisotopic (exact) mass is 290 g/mol. The zero-order valence-corrected chi connectivity index (χ0v) is 12.6. The van der Waals surface area contributed by atoms with Crippen molar-refractivity contribution in [3.8, 4) is 0 Å². The topological polar surface area (TPSA) is 64.7 Å². The lowest BCUT2D eigenvalue weighted by atomic mass is 9.98. The largest absolute Gasteiger partial charge is 0.319 e. The van der Waals surface area contributed by atoms with Gasteiger partial charge < -0.3 is 5.32 Å². The first kappa shape index (κ1) is 15.2. The quantitative estimate of drug-likeness (QED) is 0.757. The summed E-state index contributed by atoms with van der Waals surface area (Å²) in [5, 5.41) is 5.01. The van der Waals surface area contributed by atoms with E-state index in [9.17, 15) is 8.42 Å². The van der Waals surface area contributed by atoms with Crippen molar-refractivity contribution in [1.29, 1.82) is 0 Å². The molecule has 6 nitrogen and oxygen atoms in total. The summed E-state index contributed by atoms with van der Waals surface area (Å²) >= 11 is 0. The van der Waals surface area contributed by atoms with Crippen LogP contribution in [0.15, 0.2) is 0 Å². The summed E-state index contributed by atoms with van der Waals surface area (Å²) in [4.78, 5) is 2.73. The second kappa shape index (κ2) is 6.99. The van der Waals surface area contributed by atoms with Crippen molar-refractivity contribution in [1.82, 2.24) is 19.5 Å². The van der Waals surface area contributed by atoms with Gasteiger partial charge in [0, 0.05) is 26.2 Å². The Morgan fingerprint density at radius 3 is 2.26 bits per heavy atom. The van der Waals surface area contributed by atoms with E-state index in [1.165, 1.54) is 6.42 Å². The van der Waals surface area contributed by atoms with E-state index in [-0.39, 0.29) is 0 Å². The molecule has 0 aromatic rings. The van der Waals surface area contributed by atoms with Gasteiger partial charge in [0.1, 0.15) is 0 Å². The zero-order chi connectivity index (χ0) is 13.7. The molecule has 0 unspecified atom stereocenters. The average Bonchev–Trinajstić information content (AvgIpc) is 2.40. The van der Waals surface area contributed by atoms with Crippen LogP contribution < -0.4 is 10.1 Å². The molecule has 2 rings (SSSR count). The number of nitrogens with zero attached hydrogens (tertiary/aromatic N) is 2. The molecule has 0 amide bonds. The van der Waals surface area contributed by atoms with Gasteiger partial charge in [-0.1, -0.05) is 6.42 Å². The Morgan fingerprint density at radius 2 is 1.68 bits per heavy atom. The van der Waals surface area contributed by atoms with Gasteiger partial charge in [-0.3, -0.25) is 0 Å². The summed E-state index contributed by atoms with van der Waals surface area (Å²) in [5.41, 5.74) is 0. The summed E-state index contributed by atoms with van der Waals surface area (Å²) < 4.78 is 26.1. The zero-order valence-electron chi connectivity index (χ0n) is 11.8. The smallest absolute Gasteiger partial charge is 0.292 e. The van der Waals surface area contributed by atoms with Crippen molar-refractivity contribution in [3.05, 3.63) is 0 Å². The molecule has 2 fully saturated rings. The van der Waals surface area contributed by atoms with Gasteiger partial charge in [0.2, 0.25) is 0 Å². The molecule has 0 aliphatic carbocycles. The van der Waals surface area contributed by atoms with Crippen LogP contribution >= 0.6 is 0 Å². The molecule has 0 bridgehead atoms. The minimum Gasteiger partial charge on any atom is -0.319 e. The second-order valence-corrected chi connectivity index (χ2v) is 7.19. The highest BCUT2D eigenvalue weighted by Crippen LogP contribution is 2.18. The van der Waals surface area contributed by atoms with Gasteiger partial charge in [-0.25, -0.2) is 5.01 Å². The van der Waals surface area contributed by atoms with E-state index in [0.29, 0.717) is 19.0 Å². The van der Waals surface area contributed by atoms with E-state index in [4.69, 9.17) is 0 Å². The maximum Gasteiger partial charge on any atom is 0.292 e. The van der Waals surface area contributed by atoms with Crippen LogP contribution in [-0.2, 0) is 10.2 Å². The Hall–Kier alpha value is -0.210. The SMILES string of the molecule is CNCC1CCN(S(=O)(=O)NN2CCCCC2)CC1. The fourth-order valence-corrected chi connectivity index (χ4v) is 4.16. The molecule has 19 heavy (non-hydrogen) atoms. The highest BCUT2D eigenvalue weighted by molar-refractivity contribution is 7.87. The number of rotatable bonds is 5. The molecule has 2 N–H and O–H groups in total. The first-order valence-corrected chi connectivity index (χ1v) is 8.73. The fraction of sp³-hybridized carbons (Fsp3) is 1.00. The highest BCUT2D eigenvalue weighted by Gasteiger charge is 2.29. The lowest BCUT2D eigenvalue weighted by molar-refractivity contribution is 0.187. The standard InChI is InChI=1S/C12H26N4O2S/c1-13-11-12-5-9-16(10-6-12)19(17,18)14-15-7-3-2-4-8-15/h12-14H,2-11H2,1H3. The molecule has 0 radical (unpaired) electrons. The lowest BCUT2D eigenvalue weighted by Crippen LogP contribution is -2.53. The Bertz CT molecular complexity index is 360. The molecule has 2 saturated heterocycles. The van der Waals surface area contributed by atoms with Crippen molar-refractivity contribution in [2.75, 3.05) is 39.8 Å². The van der Waals surface area contributed by atoms with Gasteiger partial charge >= 0.3 is 0 Å². The van der Waals surface area contributed by atoms with Gasteiger partial charge in [-0.2, -0.15) is 12.7 Å². The third-order valence-corrected chi connectivity index (χ3v) is 5.54. The van der Waals surface area contributed by atoms with Crippen LogP contribution in [0.5, 0.6) is 0 Å². The third kappa shape index (κ3) is 4.39. The van der Waals surface area contributed by atoms with E-state index < -0.39 is 10.2 Å². The Balaban J connectivity index is 1.83. The maximum atomic E-state index is 12.3. The van der Waals surface area contributed by atoms with Crippen LogP contribution in [0.25, 0.3) is 0 Å². The summed E-state index contributed by atoms with van der Waals surface area (Å²) in [7, 11) is -1.39. The number of nitrogens with one attached hydrogen (secondary N) is 2. The van der Waals surface area contributed by atoms with Crippen LogP contribution in [0.2, 0.25) is 0 Å². The molecule has 2 aliphatic rings. The van der Waals surface area contributed by atoms with Crippen molar-refractivity contribution in [2.24, 2.45) is 5.92 Å². The number of hydrazine groups is 1. The predicted octanol–water partition coefficient (Wildman–Crippen LogP) is 0.153. The van der Waals surface area contributed by atoms with Crippen molar-refractivity contribution in [2.45, 2.75) is 32.1 Å². The van der Waals surface area contributed by atoms with Crippen molar-refractivity contribution >= 4 is 10.2 Å². The number of hydrogen-bond donors (Lipinski definition) is 2. The number of hydrogen-bond acceptors (Lipinski definition) is 4. The summed E-state index contributed by atoms with van der Waals surface area (Å²) in [6.07, 6.45) is 5.25. The highest BCUT2D eigenvalue weighted by atomic mass is 32.2. The van der Waals surface area contributed by atoms with Gasteiger partial charge in [0.15, 0.2) is 0 Å². The van der Waals surface area contributed by atoms with E-state index in [1.807, 2.05) is 12.1 Å². The first-order valence-electron chi connectivity index (χ1n) is 7.29. The molecule has 2 heterocycles. The molecule has 0 saturated carbocycles. The van der Waals surface area contributed by atoms with Gasteiger partial charge in [0.25, 0.3) is 10.2 Å². The maximum absolute atomic E-state index is 12.3. The molecule has 0 aromatic carbocycles. The van der Waals surface area contributed by atoms with Crippen molar-refractivity contribution < 1.29 is 8.42 Å². The molecule has 2 aliphatic heterocycles. The Kier molecular flexibility index (Phi) is 5.58. The van der Waals surface area contributed by atoms with E-state index in [0.717, 1.165) is 45.3 Å². The molecule has 7 heteroatoms. The second-order valence-electron chi connectivity index (χ2n) is 5.54. The van der Waals surface area contributed by atoms with Gasteiger partial charge in [-0.15, -0.1) is 4.83 Å². The number of piperidine rings is 2. The third-order valence-electron chi connectivity index (χ3n) is 4.01. The van der Waals surface area contributed by atoms with E-state index in [2.05, 4.69) is 10.1 Å². The molecular formula is C12H26N4O2S. The molecule has 0 atom stereocenters. The molecular weight excluding hydrogens is 264 g/mol. The normalized spacial score (nSPS) is 24.7. The van der Waals surface area contributed by atoms with Crippen LogP contribution in [0, 0.1) is 5.92 Å². The summed E-state index contributed by atoms with van der Waals surface area (Å²) in [6, 6.07) is 0. The fourth-order valence-electron chi connectivity index (χ4n) is 2.85. The average molecular weight is 290 g/mol. The van der Waals surface area contributed by atoms with Crippen LogP contribution in [0.1, 0.15) is 32.1 Å². The predicted molar refractivity (Wildman–Crippen MR) is 75.7 cm³/mol.